The summed E-state index contributed by atoms with van der Waals surface area (Å²) >= 11 is 5.61. The highest BCUT2D eigenvalue weighted by Gasteiger charge is 2.16. The fraction of sp³-hybridized carbons (Fsp3) is 0.174. The average molecular weight is 377 g/mol. The Morgan fingerprint density at radius 3 is 2.37 bits per heavy atom. The molecule has 0 bridgehead atoms. The van der Waals surface area contributed by atoms with E-state index in [2.05, 4.69) is 54.0 Å². The molecule has 0 saturated carbocycles. The van der Waals surface area contributed by atoms with Gasteiger partial charge in [0.05, 0.1) is 18.3 Å². The van der Waals surface area contributed by atoms with Crippen molar-refractivity contribution < 1.29 is 4.74 Å². The van der Waals surface area contributed by atoms with Crippen molar-refractivity contribution in [2.45, 2.75) is 19.9 Å². The van der Waals surface area contributed by atoms with Crippen LogP contribution >= 0.6 is 12.2 Å². The number of hydrogen-bond donors (Lipinski definition) is 2. The molecule has 0 unspecified atom stereocenters. The van der Waals surface area contributed by atoms with E-state index < -0.39 is 0 Å². The number of anilines is 1. The van der Waals surface area contributed by atoms with Gasteiger partial charge in [0.25, 0.3) is 0 Å². The predicted octanol–water partition coefficient (Wildman–Crippen LogP) is 5.47. The number of aryl methyl sites for hydroxylation is 1. The largest absolute Gasteiger partial charge is 0.492 e. The summed E-state index contributed by atoms with van der Waals surface area (Å²) in [5, 5.41) is 7.29. The highest BCUT2D eigenvalue weighted by Crippen LogP contribution is 2.26. The maximum absolute atomic E-state index is 5.68. The Bertz CT molecular complexity index is 896. The molecule has 0 heterocycles. The van der Waals surface area contributed by atoms with E-state index in [1.165, 1.54) is 11.1 Å². The summed E-state index contributed by atoms with van der Waals surface area (Å²) in [6.45, 7) is 4.67. The first-order chi connectivity index (χ1) is 13.2. The van der Waals surface area contributed by atoms with Crippen LogP contribution in [0.5, 0.6) is 5.75 Å². The minimum Gasteiger partial charge on any atom is -0.492 e. The number of rotatable bonds is 6. The normalized spacial score (nSPS) is 11.5. The smallest absolute Gasteiger partial charge is 0.171 e. The monoisotopic (exact) mass is 376 g/mol. The maximum Gasteiger partial charge on any atom is 0.171 e. The van der Waals surface area contributed by atoms with Crippen molar-refractivity contribution in [1.29, 1.82) is 0 Å². The molecule has 27 heavy (non-hydrogen) atoms. The second-order valence-corrected chi connectivity index (χ2v) is 6.69. The Balaban J connectivity index is 1.83. The fourth-order valence-corrected chi connectivity index (χ4v) is 3.22. The van der Waals surface area contributed by atoms with Crippen molar-refractivity contribution in [3.8, 4) is 5.75 Å². The lowest BCUT2D eigenvalue weighted by atomic mass is 9.97. The van der Waals surface area contributed by atoms with Crippen LogP contribution in [0.2, 0.25) is 0 Å². The molecule has 0 aliphatic heterocycles. The number of para-hydroxylation sites is 2. The van der Waals surface area contributed by atoms with Gasteiger partial charge < -0.3 is 15.4 Å². The molecule has 138 valence electrons. The molecule has 3 rings (SSSR count). The molecule has 0 aromatic heterocycles. The SMILES string of the molecule is CCOc1ccccc1NC(=S)N[C@H](c1ccccc1)c1cccc(C)c1. The van der Waals surface area contributed by atoms with Crippen molar-refractivity contribution in [1.82, 2.24) is 5.32 Å². The second-order valence-electron chi connectivity index (χ2n) is 6.29. The highest BCUT2D eigenvalue weighted by atomic mass is 32.1. The van der Waals surface area contributed by atoms with Crippen molar-refractivity contribution in [2.24, 2.45) is 0 Å². The molecule has 3 aromatic carbocycles. The quantitative estimate of drug-likeness (QED) is 0.559. The van der Waals surface area contributed by atoms with Gasteiger partial charge in [-0.1, -0.05) is 72.3 Å². The van der Waals surface area contributed by atoms with Gasteiger partial charge in [-0.25, -0.2) is 0 Å². The molecule has 0 aliphatic rings. The van der Waals surface area contributed by atoms with Crippen LogP contribution in [0.3, 0.4) is 0 Å². The first-order valence-corrected chi connectivity index (χ1v) is 9.49. The molecular weight excluding hydrogens is 352 g/mol. The molecule has 3 aromatic rings. The number of ether oxygens (including phenoxy) is 1. The third kappa shape index (κ3) is 5.08. The summed E-state index contributed by atoms with van der Waals surface area (Å²) in [4.78, 5) is 0. The molecule has 0 radical (unpaired) electrons. The van der Waals surface area contributed by atoms with E-state index in [9.17, 15) is 0 Å². The molecular formula is C23H24N2OS. The number of benzene rings is 3. The number of nitrogens with one attached hydrogen (secondary N) is 2. The molecule has 0 spiro atoms. The summed E-state index contributed by atoms with van der Waals surface area (Å²) < 4.78 is 5.68. The highest BCUT2D eigenvalue weighted by molar-refractivity contribution is 7.80. The average Bonchev–Trinajstić information content (AvgIpc) is 2.68. The van der Waals surface area contributed by atoms with Gasteiger partial charge >= 0.3 is 0 Å². The van der Waals surface area contributed by atoms with Crippen LogP contribution in [-0.2, 0) is 0 Å². The standard InChI is InChI=1S/C23H24N2OS/c1-3-26-21-15-8-7-14-20(21)24-23(27)25-22(18-11-5-4-6-12-18)19-13-9-10-17(2)16-19/h4-16,22H,3H2,1-2H3,(H2,24,25,27)/t22-/m1/s1. The molecule has 0 fully saturated rings. The van der Waals surface area contributed by atoms with Crippen molar-refractivity contribution in [2.75, 3.05) is 11.9 Å². The van der Waals surface area contributed by atoms with Gasteiger partial charge in [-0.05, 0) is 49.3 Å². The zero-order valence-electron chi connectivity index (χ0n) is 15.6. The lowest BCUT2D eigenvalue weighted by molar-refractivity contribution is 0.342. The Kier molecular flexibility index (Phi) is 6.44. The minimum atomic E-state index is -0.0367. The van der Waals surface area contributed by atoms with E-state index in [-0.39, 0.29) is 6.04 Å². The van der Waals surface area contributed by atoms with Gasteiger partial charge in [0.15, 0.2) is 5.11 Å². The van der Waals surface area contributed by atoms with E-state index in [1.54, 1.807) is 0 Å². The first-order valence-electron chi connectivity index (χ1n) is 9.08. The van der Waals surface area contributed by atoms with Crippen LogP contribution in [0.25, 0.3) is 0 Å². The van der Waals surface area contributed by atoms with Crippen LogP contribution in [0, 0.1) is 6.92 Å². The van der Waals surface area contributed by atoms with Gasteiger partial charge in [0.1, 0.15) is 5.75 Å². The van der Waals surface area contributed by atoms with Gasteiger partial charge in [-0.2, -0.15) is 0 Å². The molecule has 1 atom stereocenters. The van der Waals surface area contributed by atoms with Crippen LogP contribution in [0.4, 0.5) is 5.69 Å². The predicted molar refractivity (Wildman–Crippen MR) is 116 cm³/mol. The molecule has 0 saturated heterocycles. The van der Waals surface area contributed by atoms with E-state index in [1.807, 2.05) is 49.4 Å². The number of hydrogen-bond acceptors (Lipinski definition) is 2. The summed E-state index contributed by atoms with van der Waals surface area (Å²) in [5.41, 5.74) is 4.40. The minimum absolute atomic E-state index is 0.0367. The summed E-state index contributed by atoms with van der Waals surface area (Å²) in [7, 11) is 0. The van der Waals surface area contributed by atoms with Gasteiger partial charge in [-0.3, -0.25) is 0 Å². The van der Waals surface area contributed by atoms with E-state index in [4.69, 9.17) is 17.0 Å². The summed E-state index contributed by atoms with van der Waals surface area (Å²) in [6.07, 6.45) is 0. The maximum atomic E-state index is 5.68. The number of thiocarbonyl (C=S) groups is 1. The fourth-order valence-electron chi connectivity index (χ4n) is 3.00. The first kappa shape index (κ1) is 18.9. The van der Waals surface area contributed by atoms with E-state index in [0.717, 1.165) is 17.0 Å². The summed E-state index contributed by atoms with van der Waals surface area (Å²) in [5.74, 6) is 0.788. The Morgan fingerprint density at radius 2 is 1.63 bits per heavy atom. The van der Waals surface area contributed by atoms with Gasteiger partial charge in [0, 0.05) is 0 Å². The lowest BCUT2D eigenvalue weighted by Gasteiger charge is -2.23. The molecule has 3 nitrogen and oxygen atoms in total. The van der Waals surface area contributed by atoms with Gasteiger partial charge in [0.2, 0.25) is 0 Å². The van der Waals surface area contributed by atoms with E-state index in [0.29, 0.717) is 11.7 Å². The van der Waals surface area contributed by atoms with E-state index >= 15 is 0 Å². The van der Waals surface area contributed by atoms with Crippen LogP contribution < -0.4 is 15.4 Å². The Hall–Kier alpha value is -2.85. The molecule has 0 amide bonds. The second kappa shape index (κ2) is 9.19. The lowest BCUT2D eigenvalue weighted by Crippen LogP contribution is -2.33. The Labute approximate surface area is 166 Å². The van der Waals surface area contributed by atoms with Gasteiger partial charge in [-0.15, -0.1) is 0 Å². The Morgan fingerprint density at radius 1 is 0.926 bits per heavy atom. The topological polar surface area (TPSA) is 33.3 Å². The third-order valence-electron chi connectivity index (χ3n) is 4.22. The van der Waals surface area contributed by atoms with Crippen LogP contribution in [0.1, 0.15) is 29.7 Å². The molecule has 4 heteroatoms. The van der Waals surface area contributed by atoms with Crippen LogP contribution in [-0.4, -0.2) is 11.7 Å². The molecule has 0 aliphatic carbocycles. The third-order valence-corrected chi connectivity index (χ3v) is 4.44. The zero-order valence-corrected chi connectivity index (χ0v) is 16.4. The molecule has 2 N–H and O–H groups in total. The van der Waals surface area contributed by atoms with Crippen molar-refractivity contribution in [3.05, 3.63) is 95.6 Å². The van der Waals surface area contributed by atoms with Crippen molar-refractivity contribution in [3.63, 3.8) is 0 Å². The van der Waals surface area contributed by atoms with Crippen LogP contribution in [0.15, 0.2) is 78.9 Å². The summed E-state index contributed by atoms with van der Waals surface area (Å²) in [6, 6.07) is 26.6. The zero-order chi connectivity index (χ0) is 19.1. The van der Waals surface area contributed by atoms with Crippen molar-refractivity contribution >= 4 is 23.0 Å².